The number of nitrogens with one attached hydrogen (secondary N) is 2. The molecule has 0 atom stereocenters. The number of hydrogen-bond acceptors (Lipinski definition) is 6. The molecule has 0 radical (unpaired) electrons. The summed E-state index contributed by atoms with van der Waals surface area (Å²) in [6.07, 6.45) is 1.32. The van der Waals surface area contributed by atoms with E-state index in [-0.39, 0.29) is 28.5 Å². The largest absolute Gasteiger partial charge is 0.497 e. The maximum atomic E-state index is 14.4. The highest BCUT2D eigenvalue weighted by Crippen LogP contribution is 2.20. The number of H-pyrrole nitrogens is 1. The molecule has 170 valence electrons. The first-order chi connectivity index (χ1) is 16.4. The van der Waals surface area contributed by atoms with Crippen molar-refractivity contribution in [1.82, 2.24) is 29.5 Å². The van der Waals surface area contributed by atoms with E-state index in [1.165, 1.54) is 34.8 Å². The van der Waals surface area contributed by atoms with E-state index in [4.69, 9.17) is 4.74 Å². The molecule has 11 heteroatoms. The van der Waals surface area contributed by atoms with Crippen LogP contribution in [0.25, 0.3) is 22.7 Å². The van der Waals surface area contributed by atoms with Gasteiger partial charge < -0.3 is 10.1 Å². The molecular formula is C23H18FN7O3. The van der Waals surface area contributed by atoms with Gasteiger partial charge >= 0.3 is 0 Å². The minimum atomic E-state index is -0.516. The first-order valence-corrected chi connectivity index (χ1v) is 10.2. The topological polar surface area (TPSA) is 120 Å². The third-order valence-corrected chi connectivity index (χ3v) is 5.11. The van der Waals surface area contributed by atoms with Crippen LogP contribution >= 0.6 is 0 Å². The van der Waals surface area contributed by atoms with Crippen LogP contribution in [0.15, 0.2) is 65.6 Å². The molecule has 0 spiro atoms. The molecule has 0 aliphatic rings. The van der Waals surface area contributed by atoms with Crippen LogP contribution in [0.5, 0.6) is 5.75 Å². The van der Waals surface area contributed by atoms with E-state index < -0.39 is 17.3 Å². The third kappa shape index (κ3) is 3.68. The lowest BCUT2D eigenvalue weighted by Crippen LogP contribution is -2.19. The van der Waals surface area contributed by atoms with Crippen molar-refractivity contribution in [2.45, 2.75) is 6.92 Å². The van der Waals surface area contributed by atoms with E-state index in [0.717, 1.165) is 0 Å². The Morgan fingerprint density at radius 2 is 1.94 bits per heavy atom. The Bertz CT molecular complexity index is 1600. The van der Waals surface area contributed by atoms with Crippen molar-refractivity contribution in [3.05, 3.63) is 88.2 Å². The highest BCUT2D eigenvalue weighted by atomic mass is 19.1. The molecule has 0 saturated carbocycles. The number of anilines is 1. The highest BCUT2D eigenvalue weighted by Gasteiger charge is 2.18. The van der Waals surface area contributed by atoms with Crippen LogP contribution in [0.2, 0.25) is 0 Å². The number of aromatic nitrogens is 6. The zero-order valence-electron chi connectivity index (χ0n) is 18.1. The second kappa shape index (κ2) is 8.28. The van der Waals surface area contributed by atoms with Gasteiger partial charge in [-0.1, -0.05) is 18.2 Å². The summed E-state index contributed by atoms with van der Waals surface area (Å²) >= 11 is 0. The molecule has 5 rings (SSSR count). The van der Waals surface area contributed by atoms with Crippen molar-refractivity contribution < 1.29 is 13.9 Å². The van der Waals surface area contributed by atoms with Gasteiger partial charge in [0, 0.05) is 11.6 Å². The van der Waals surface area contributed by atoms with Crippen LogP contribution in [0, 0.1) is 12.7 Å². The summed E-state index contributed by atoms with van der Waals surface area (Å²) in [5, 5.41) is 11.4. The molecule has 1 amide bonds. The van der Waals surface area contributed by atoms with E-state index in [2.05, 4.69) is 25.5 Å². The Hall–Kier alpha value is -4.80. The number of aromatic amines is 1. The molecule has 5 aromatic rings. The van der Waals surface area contributed by atoms with Crippen molar-refractivity contribution in [2.75, 3.05) is 12.4 Å². The number of nitrogens with zero attached hydrogens (tertiary/aromatic N) is 5. The minimum absolute atomic E-state index is 0.0321. The number of para-hydroxylation sites is 1. The van der Waals surface area contributed by atoms with E-state index in [1.807, 2.05) is 0 Å². The van der Waals surface area contributed by atoms with E-state index in [9.17, 15) is 14.0 Å². The van der Waals surface area contributed by atoms with E-state index >= 15 is 0 Å². The molecule has 3 heterocycles. The molecule has 0 saturated heterocycles. The van der Waals surface area contributed by atoms with Crippen LogP contribution in [-0.4, -0.2) is 42.5 Å². The molecule has 0 bridgehead atoms. The average Bonchev–Trinajstić information content (AvgIpc) is 3.43. The summed E-state index contributed by atoms with van der Waals surface area (Å²) in [5.41, 5.74) is 0.748. The highest BCUT2D eigenvalue weighted by molar-refractivity contribution is 6.04. The standard InChI is InChI=1S/C23H18FN7O3/c1-13-10-19(26-21(32)14-6-5-7-15(11-14)34-2)31(29-13)23-27-20-16(22(33)28-23)12-25-30(20)18-9-4-3-8-17(18)24/h3-12H,1-2H3,(H,26,32)(H,27,28,33). The number of carbonyl (C=O) groups is 1. The molecule has 0 aliphatic heterocycles. The lowest BCUT2D eigenvalue weighted by atomic mass is 10.2. The summed E-state index contributed by atoms with van der Waals surface area (Å²) in [6, 6.07) is 14.3. The van der Waals surface area contributed by atoms with Crippen LogP contribution in [0.4, 0.5) is 10.2 Å². The number of hydrogen-bond donors (Lipinski definition) is 2. The molecule has 3 aromatic heterocycles. The van der Waals surface area contributed by atoms with Crippen LogP contribution in [0.3, 0.4) is 0 Å². The van der Waals surface area contributed by atoms with Crippen molar-refractivity contribution >= 4 is 22.8 Å². The average molecular weight is 459 g/mol. The van der Waals surface area contributed by atoms with Crippen molar-refractivity contribution in [3.8, 4) is 17.4 Å². The Balaban J connectivity index is 1.58. The number of aryl methyl sites for hydroxylation is 1. The van der Waals surface area contributed by atoms with Gasteiger partial charge in [0.25, 0.3) is 11.5 Å². The number of rotatable bonds is 5. The number of methoxy groups -OCH3 is 1. The number of halogens is 1. The molecular weight excluding hydrogens is 441 g/mol. The fourth-order valence-electron chi connectivity index (χ4n) is 3.51. The fourth-order valence-corrected chi connectivity index (χ4v) is 3.51. The maximum Gasteiger partial charge on any atom is 0.263 e. The second-order valence-corrected chi connectivity index (χ2v) is 7.40. The van der Waals surface area contributed by atoms with Gasteiger partial charge in [0.05, 0.1) is 19.0 Å². The normalized spacial score (nSPS) is 11.0. The first kappa shape index (κ1) is 21.1. The smallest absolute Gasteiger partial charge is 0.263 e. The molecule has 2 N–H and O–H groups in total. The molecule has 34 heavy (non-hydrogen) atoms. The number of amides is 1. The zero-order chi connectivity index (χ0) is 23.8. The minimum Gasteiger partial charge on any atom is -0.497 e. The third-order valence-electron chi connectivity index (χ3n) is 5.11. The van der Waals surface area contributed by atoms with Gasteiger partial charge in [-0.15, -0.1) is 0 Å². The van der Waals surface area contributed by atoms with Gasteiger partial charge in [0.15, 0.2) is 5.65 Å². The molecule has 0 unspecified atom stereocenters. The van der Waals surface area contributed by atoms with Gasteiger partial charge in [-0.3, -0.25) is 14.6 Å². The monoisotopic (exact) mass is 459 g/mol. The fraction of sp³-hybridized carbons (Fsp3) is 0.0870. The van der Waals surface area contributed by atoms with Gasteiger partial charge in [-0.05, 0) is 37.3 Å². The Morgan fingerprint density at radius 3 is 2.74 bits per heavy atom. The van der Waals surface area contributed by atoms with E-state index in [1.54, 1.807) is 49.4 Å². The Labute approximate surface area is 191 Å². The van der Waals surface area contributed by atoms with Crippen molar-refractivity contribution in [1.29, 1.82) is 0 Å². The van der Waals surface area contributed by atoms with Gasteiger partial charge in [-0.2, -0.15) is 19.9 Å². The van der Waals surface area contributed by atoms with Gasteiger partial charge in [0.2, 0.25) is 5.95 Å². The summed E-state index contributed by atoms with van der Waals surface area (Å²) in [5.74, 6) is -0.0678. The van der Waals surface area contributed by atoms with Gasteiger partial charge in [0.1, 0.15) is 28.5 Å². The van der Waals surface area contributed by atoms with Gasteiger partial charge in [-0.25, -0.2) is 9.07 Å². The SMILES string of the molecule is COc1cccc(C(=O)Nc2cc(C)nn2-c2nc3c(cnn3-c3ccccc3F)c(=O)[nH]2)c1. The lowest BCUT2D eigenvalue weighted by Gasteiger charge is -2.10. The number of benzene rings is 2. The first-order valence-electron chi connectivity index (χ1n) is 10.2. The molecule has 2 aromatic carbocycles. The lowest BCUT2D eigenvalue weighted by molar-refractivity contribution is 0.102. The summed E-state index contributed by atoms with van der Waals surface area (Å²) in [4.78, 5) is 32.7. The Morgan fingerprint density at radius 1 is 1.12 bits per heavy atom. The van der Waals surface area contributed by atoms with E-state index in [0.29, 0.717) is 17.0 Å². The Kier molecular flexibility index (Phi) is 5.13. The maximum absolute atomic E-state index is 14.4. The quantitative estimate of drug-likeness (QED) is 0.417. The number of carbonyl (C=O) groups excluding carboxylic acids is 1. The molecule has 10 nitrogen and oxygen atoms in total. The molecule has 0 aliphatic carbocycles. The predicted octanol–water partition coefficient (Wildman–Crippen LogP) is 3.00. The summed E-state index contributed by atoms with van der Waals surface area (Å²) in [6.45, 7) is 1.73. The zero-order valence-corrected chi connectivity index (χ0v) is 18.1. The molecule has 0 fully saturated rings. The predicted molar refractivity (Wildman–Crippen MR) is 122 cm³/mol. The van der Waals surface area contributed by atoms with Crippen LogP contribution in [0.1, 0.15) is 16.1 Å². The second-order valence-electron chi connectivity index (χ2n) is 7.40. The van der Waals surface area contributed by atoms with Crippen molar-refractivity contribution in [3.63, 3.8) is 0 Å². The van der Waals surface area contributed by atoms with Crippen LogP contribution < -0.4 is 15.6 Å². The number of ether oxygens (including phenoxy) is 1. The van der Waals surface area contributed by atoms with Crippen LogP contribution in [-0.2, 0) is 0 Å². The van der Waals surface area contributed by atoms with Crippen molar-refractivity contribution in [2.24, 2.45) is 0 Å². The summed E-state index contributed by atoms with van der Waals surface area (Å²) in [7, 11) is 1.51. The number of fused-ring (bicyclic) bond motifs is 1. The summed E-state index contributed by atoms with van der Waals surface area (Å²) < 4.78 is 22.1.